The molecule has 3 atom stereocenters. The number of aryl methyl sites for hydroxylation is 1. The molecule has 19 heavy (non-hydrogen) atoms. The van der Waals surface area contributed by atoms with Crippen LogP contribution in [0, 0.1) is 17.0 Å². The van der Waals surface area contributed by atoms with Gasteiger partial charge in [0.25, 0.3) is 0 Å². The number of hydrogen-bond acceptors (Lipinski definition) is 6. The Labute approximate surface area is 114 Å². The van der Waals surface area contributed by atoms with Crippen LogP contribution in [-0.4, -0.2) is 33.1 Å². The maximum atomic E-state index is 11.1. The molecule has 3 rings (SSSR count). The number of ether oxygens (including phenoxy) is 1. The molecule has 1 aromatic heterocycles. The summed E-state index contributed by atoms with van der Waals surface area (Å²) in [6.07, 6.45) is 3.27. The van der Waals surface area contributed by atoms with Gasteiger partial charge in [-0.05, 0) is 37.8 Å². The number of halogens is 1. The van der Waals surface area contributed by atoms with Crippen molar-refractivity contribution >= 4 is 23.1 Å². The lowest BCUT2D eigenvalue weighted by Gasteiger charge is -2.20. The van der Waals surface area contributed by atoms with E-state index in [2.05, 4.69) is 15.3 Å². The molecule has 1 aromatic rings. The Morgan fingerprint density at radius 1 is 1.47 bits per heavy atom. The van der Waals surface area contributed by atoms with Crippen molar-refractivity contribution in [3.8, 4) is 0 Å². The minimum absolute atomic E-state index is 0.00896. The molecule has 102 valence electrons. The zero-order chi connectivity index (χ0) is 13.6. The van der Waals surface area contributed by atoms with Crippen molar-refractivity contribution in [3.63, 3.8) is 0 Å². The fourth-order valence-corrected chi connectivity index (χ4v) is 3.03. The van der Waals surface area contributed by atoms with E-state index in [9.17, 15) is 10.1 Å². The minimum Gasteiger partial charge on any atom is -0.373 e. The van der Waals surface area contributed by atoms with Crippen LogP contribution in [0.15, 0.2) is 0 Å². The topological polar surface area (TPSA) is 90.2 Å². The molecule has 2 aliphatic heterocycles. The maximum Gasteiger partial charge on any atom is 0.332 e. The first kappa shape index (κ1) is 12.6. The Hall–Kier alpha value is -1.47. The molecule has 0 radical (unpaired) electrons. The summed E-state index contributed by atoms with van der Waals surface area (Å²) in [4.78, 5) is 18.4. The molecule has 0 aliphatic carbocycles. The second-order valence-electron chi connectivity index (χ2n) is 4.89. The monoisotopic (exact) mass is 284 g/mol. The van der Waals surface area contributed by atoms with Crippen LogP contribution in [0.2, 0.25) is 5.28 Å². The zero-order valence-corrected chi connectivity index (χ0v) is 11.1. The third-order valence-electron chi connectivity index (χ3n) is 3.64. The molecular formula is C11H13ClN4O3. The number of fused-ring (bicyclic) bond motifs is 2. The normalized spacial score (nSPS) is 28.6. The van der Waals surface area contributed by atoms with Gasteiger partial charge < -0.3 is 10.1 Å². The summed E-state index contributed by atoms with van der Waals surface area (Å²) in [6.45, 7) is 1.55. The van der Waals surface area contributed by atoms with Crippen molar-refractivity contribution in [2.24, 2.45) is 0 Å². The van der Waals surface area contributed by atoms with E-state index in [-0.39, 0.29) is 40.7 Å². The fraction of sp³-hybridized carbons (Fsp3) is 0.636. The van der Waals surface area contributed by atoms with Crippen LogP contribution in [0.25, 0.3) is 0 Å². The predicted molar refractivity (Wildman–Crippen MR) is 68.4 cm³/mol. The molecule has 3 unspecified atom stereocenters. The number of nitro groups is 1. The van der Waals surface area contributed by atoms with Crippen molar-refractivity contribution in [2.75, 3.05) is 5.32 Å². The Bertz CT molecular complexity index is 539. The third kappa shape index (κ3) is 2.23. The number of hydrogen-bond donors (Lipinski definition) is 1. The standard InChI is InChI=1S/C11H13ClN4O3/c1-5-9(16(17)18)10(15-11(12)13-5)14-7-4-6-2-3-8(7)19-6/h6-8H,2-4H2,1H3,(H,13,14,15). The molecule has 2 aliphatic rings. The van der Waals surface area contributed by atoms with Gasteiger partial charge in [-0.3, -0.25) is 10.1 Å². The summed E-state index contributed by atoms with van der Waals surface area (Å²) in [5, 5.41) is 14.2. The van der Waals surface area contributed by atoms with Gasteiger partial charge in [0.05, 0.1) is 23.2 Å². The largest absolute Gasteiger partial charge is 0.373 e. The molecule has 0 saturated carbocycles. The van der Waals surface area contributed by atoms with Gasteiger partial charge in [0.15, 0.2) is 0 Å². The summed E-state index contributed by atoms with van der Waals surface area (Å²) in [6, 6.07) is 0.0582. The van der Waals surface area contributed by atoms with Crippen LogP contribution in [0.4, 0.5) is 11.5 Å². The second kappa shape index (κ2) is 4.57. The van der Waals surface area contributed by atoms with Gasteiger partial charge in [0.2, 0.25) is 11.1 Å². The van der Waals surface area contributed by atoms with Crippen LogP contribution in [-0.2, 0) is 4.74 Å². The molecule has 8 heteroatoms. The van der Waals surface area contributed by atoms with E-state index >= 15 is 0 Å². The Kier molecular flexibility index (Phi) is 3.02. The zero-order valence-electron chi connectivity index (χ0n) is 10.3. The van der Waals surface area contributed by atoms with Crippen molar-refractivity contribution < 1.29 is 9.66 Å². The predicted octanol–water partition coefficient (Wildman–Crippen LogP) is 2.08. The van der Waals surface area contributed by atoms with Gasteiger partial charge in [-0.1, -0.05) is 0 Å². The van der Waals surface area contributed by atoms with Gasteiger partial charge in [-0.15, -0.1) is 0 Å². The minimum atomic E-state index is -0.484. The van der Waals surface area contributed by atoms with E-state index in [1.54, 1.807) is 6.92 Å². The number of nitrogens with one attached hydrogen (secondary N) is 1. The smallest absolute Gasteiger partial charge is 0.332 e. The van der Waals surface area contributed by atoms with Crippen LogP contribution < -0.4 is 5.32 Å². The Morgan fingerprint density at radius 2 is 2.26 bits per heavy atom. The van der Waals surface area contributed by atoms with Crippen molar-refractivity contribution in [1.82, 2.24) is 9.97 Å². The van der Waals surface area contributed by atoms with E-state index in [1.807, 2.05) is 0 Å². The third-order valence-corrected chi connectivity index (χ3v) is 3.81. The highest BCUT2D eigenvalue weighted by Gasteiger charge is 2.41. The Morgan fingerprint density at radius 3 is 2.84 bits per heavy atom. The van der Waals surface area contributed by atoms with Gasteiger partial charge in [0.1, 0.15) is 5.69 Å². The lowest BCUT2D eigenvalue weighted by atomic mass is 9.95. The average Bonchev–Trinajstić information content (AvgIpc) is 2.88. The summed E-state index contributed by atoms with van der Waals surface area (Å²) in [5.41, 5.74) is 0.142. The molecule has 0 amide bonds. The molecular weight excluding hydrogens is 272 g/mol. The van der Waals surface area contributed by atoms with E-state index < -0.39 is 4.92 Å². The molecule has 1 N–H and O–H groups in total. The van der Waals surface area contributed by atoms with E-state index in [1.165, 1.54) is 0 Å². The van der Waals surface area contributed by atoms with E-state index in [4.69, 9.17) is 16.3 Å². The van der Waals surface area contributed by atoms with E-state index in [0.29, 0.717) is 0 Å². The van der Waals surface area contributed by atoms with Crippen LogP contribution >= 0.6 is 11.6 Å². The maximum absolute atomic E-state index is 11.1. The van der Waals surface area contributed by atoms with Crippen molar-refractivity contribution in [1.29, 1.82) is 0 Å². The van der Waals surface area contributed by atoms with Gasteiger partial charge >= 0.3 is 5.69 Å². The molecule has 7 nitrogen and oxygen atoms in total. The number of anilines is 1. The Balaban J connectivity index is 1.89. The lowest BCUT2D eigenvalue weighted by Crippen LogP contribution is -2.31. The fourth-order valence-electron chi connectivity index (χ4n) is 2.82. The molecule has 0 spiro atoms. The second-order valence-corrected chi connectivity index (χ2v) is 5.23. The summed E-state index contributed by atoms with van der Waals surface area (Å²) in [5.74, 6) is 0.184. The van der Waals surface area contributed by atoms with Crippen LogP contribution in [0.5, 0.6) is 0 Å². The average molecular weight is 285 g/mol. The SMILES string of the molecule is Cc1nc(Cl)nc(NC2CC3CCC2O3)c1[N+](=O)[O-]. The highest BCUT2D eigenvalue weighted by Crippen LogP contribution is 2.37. The van der Waals surface area contributed by atoms with Crippen molar-refractivity contribution in [3.05, 3.63) is 21.1 Å². The summed E-state index contributed by atoms with van der Waals surface area (Å²) in [7, 11) is 0. The molecule has 2 saturated heterocycles. The number of aromatic nitrogens is 2. The van der Waals surface area contributed by atoms with Crippen LogP contribution in [0.3, 0.4) is 0 Å². The molecule has 2 bridgehead atoms. The highest BCUT2D eigenvalue weighted by atomic mass is 35.5. The number of rotatable bonds is 3. The highest BCUT2D eigenvalue weighted by molar-refractivity contribution is 6.28. The molecule has 3 heterocycles. The quantitative estimate of drug-likeness (QED) is 0.519. The summed E-state index contributed by atoms with van der Waals surface area (Å²) < 4.78 is 5.71. The van der Waals surface area contributed by atoms with Crippen LogP contribution in [0.1, 0.15) is 25.0 Å². The first-order chi connectivity index (χ1) is 9.04. The first-order valence-corrected chi connectivity index (χ1v) is 6.53. The van der Waals surface area contributed by atoms with Gasteiger partial charge in [-0.2, -0.15) is 4.98 Å². The van der Waals surface area contributed by atoms with Gasteiger partial charge in [-0.25, -0.2) is 4.98 Å². The first-order valence-electron chi connectivity index (χ1n) is 6.15. The van der Waals surface area contributed by atoms with Crippen molar-refractivity contribution in [2.45, 2.75) is 44.4 Å². The molecule has 2 fully saturated rings. The number of nitrogens with zero attached hydrogens (tertiary/aromatic N) is 3. The lowest BCUT2D eigenvalue weighted by molar-refractivity contribution is -0.385. The van der Waals surface area contributed by atoms with E-state index in [0.717, 1.165) is 19.3 Å². The van der Waals surface area contributed by atoms with Gasteiger partial charge in [0, 0.05) is 0 Å². The summed E-state index contributed by atoms with van der Waals surface area (Å²) >= 11 is 5.78. The molecule has 0 aromatic carbocycles.